The van der Waals surface area contributed by atoms with Crippen LogP contribution in [0.5, 0.6) is 0 Å². The van der Waals surface area contributed by atoms with Crippen molar-refractivity contribution in [3.63, 3.8) is 0 Å². The number of aromatic amines is 1. The van der Waals surface area contributed by atoms with Gasteiger partial charge in [-0.05, 0) is 44.2 Å². The Morgan fingerprint density at radius 2 is 2.14 bits per heavy atom. The van der Waals surface area contributed by atoms with Gasteiger partial charge in [0.2, 0.25) is 0 Å². The molecule has 0 spiro atoms. The second-order valence-electron chi connectivity index (χ2n) is 7.80. The second kappa shape index (κ2) is 7.42. The van der Waals surface area contributed by atoms with Crippen molar-refractivity contribution < 1.29 is 4.74 Å². The first-order chi connectivity index (χ1) is 13.7. The fourth-order valence-corrected chi connectivity index (χ4v) is 5.21. The van der Waals surface area contributed by atoms with E-state index in [1.54, 1.807) is 11.3 Å². The van der Waals surface area contributed by atoms with Crippen molar-refractivity contribution in [2.24, 2.45) is 0 Å². The molecule has 7 nitrogen and oxygen atoms in total. The summed E-state index contributed by atoms with van der Waals surface area (Å²) < 4.78 is 5.47. The number of nitrogens with one attached hydrogen (secondary N) is 2. The SMILES string of the molecule is Cc1sc2nc(CN3CCOCC3)nc(NC3CCc4[nH]ncc4C3)c2c1C. The molecule has 2 aliphatic rings. The molecule has 1 saturated heterocycles. The highest BCUT2D eigenvalue weighted by Gasteiger charge is 2.23. The van der Waals surface area contributed by atoms with Gasteiger partial charge in [-0.25, -0.2) is 9.97 Å². The Balaban J connectivity index is 1.45. The molecule has 5 rings (SSSR count). The first kappa shape index (κ1) is 18.0. The smallest absolute Gasteiger partial charge is 0.146 e. The minimum Gasteiger partial charge on any atom is -0.379 e. The molecule has 1 fully saturated rings. The second-order valence-corrected chi connectivity index (χ2v) is 9.00. The number of ether oxygens (including phenoxy) is 1. The first-order valence-corrected chi connectivity index (χ1v) is 10.8. The molecule has 0 aromatic carbocycles. The summed E-state index contributed by atoms with van der Waals surface area (Å²) in [4.78, 5) is 14.7. The lowest BCUT2D eigenvalue weighted by Crippen LogP contribution is -2.36. The van der Waals surface area contributed by atoms with Crippen LogP contribution >= 0.6 is 11.3 Å². The Bertz CT molecular complexity index is 990. The van der Waals surface area contributed by atoms with Crippen LogP contribution in [0, 0.1) is 13.8 Å². The first-order valence-electron chi connectivity index (χ1n) is 10.0. The molecule has 0 amide bonds. The van der Waals surface area contributed by atoms with Gasteiger partial charge in [-0.1, -0.05) is 0 Å². The van der Waals surface area contributed by atoms with Crippen molar-refractivity contribution >= 4 is 27.4 Å². The molecule has 1 atom stereocenters. The number of anilines is 1. The van der Waals surface area contributed by atoms with E-state index in [4.69, 9.17) is 14.7 Å². The highest BCUT2D eigenvalue weighted by molar-refractivity contribution is 7.18. The lowest BCUT2D eigenvalue weighted by molar-refractivity contribution is 0.0331. The molecular weight excluding hydrogens is 372 g/mol. The zero-order valence-electron chi connectivity index (χ0n) is 16.4. The fraction of sp³-hybridized carbons (Fsp3) is 0.550. The summed E-state index contributed by atoms with van der Waals surface area (Å²) in [5.74, 6) is 1.89. The van der Waals surface area contributed by atoms with E-state index in [2.05, 4.69) is 34.3 Å². The number of nitrogens with zero attached hydrogens (tertiary/aromatic N) is 4. The van der Waals surface area contributed by atoms with Crippen molar-refractivity contribution in [2.45, 2.75) is 45.7 Å². The highest BCUT2D eigenvalue weighted by Crippen LogP contribution is 2.34. The number of H-pyrrole nitrogens is 1. The molecule has 28 heavy (non-hydrogen) atoms. The summed E-state index contributed by atoms with van der Waals surface area (Å²) >= 11 is 1.77. The average molecular weight is 399 g/mol. The Morgan fingerprint density at radius 3 is 3.00 bits per heavy atom. The van der Waals surface area contributed by atoms with Crippen molar-refractivity contribution in [2.75, 3.05) is 31.6 Å². The Morgan fingerprint density at radius 1 is 1.29 bits per heavy atom. The van der Waals surface area contributed by atoms with Crippen LogP contribution in [-0.4, -0.2) is 57.4 Å². The molecule has 3 aromatic heterocycles. The maximum atomic E-state index is 5.47. The lowest BCUT2D eigenvalue weighted by Gasteiger charge is -2.26. The number of morpholine rings is 1. The van der Waals surface area contributed by atoms with E-state index in [-0.39, 0.29) is 0 Å². The normalized spacial score (nSPS) is 20.4. The van der Waals surface area contributed by atoms with Crippen LogP contribution in [0.4, 0.5) is 5.82 Å². The van der Waals surface area contributed by atoms with Gasteiger partial charge in [0.25, 0.3) is 0 Å². The van der Waals surface area contributed by atoms with E-state index in [0.29, 0.717) is 6.04 Å². The van der Waals surface area contributed by atoms with Gasteiger partial charge in [0.05, 0.1) is 31.3 Å². The number of thiophene rings is 1. The zero-order chi connectivity index (χ0) is 19.1. The molecule has 0 radical (unpaired) electrons. The quantitative estimate of drug-likeness (QED) is 0.704. The molecule has 1 aliphatic heterocycles. The van der Waals surface area contributed by atoms with E-state index in [1.165, 1.54) is 27.1 Å². The van der Waals surface area contributed by atoms with Gasteiger partial charge in [-0.15, -0.1) is 11.3 Å². The molecule has 0 bridgehead atoms. The summed E-state index contributed by atoms with van der Waals surface area (Å²) in [6.07, 6.45) is 5.06. The monoisotopic (exact) mass is 398 g/mol. The van der Waals surface area contributed by atoms with E-state index < -0.39 is 0 Å². The molecule has 8 heteroatoms. The standard InChI is InChI=1S/C20H26N6OS/c1-12-13(2)28-20-18(12)19(22-15-3-4-16-14(9-15)10-21-25-16)23-17(24-20)11-26-5-7-27-8-6-26/h10,15H,3-9,11H2,1-2H3,(H,21,25)(H,22,23,24). The van der Waals surface area contributed by atoms with Crippen LogP contribution in [0.2, 0.25) is 0 Å². The maximum Gasteiger partial charge on any atom is 0.146 e. The van der Waals surface area contributed by atoms with Gasteiger partial charge in [-0.2, -0.15) is 5.10 Å². The van der Waals surface area contributed by atoms with Gasteiger partial charge < -0.3 is 10.1 Å². The predicted octanol–water partition coefficient (Wildman–Crippen LogP) is 2.83. The zero-order valence-corrected chi connectivity index (χ0v) is 17.2. The van der Waals surface area contributed by atoms with Gasteiger partial charge in [0, 0.05) is 29.7 Å². The van der Waals surface area contributed by atoms with Crippen LogP contribution in [0.25, 0.3) is 10.2 Å². The third kappa shape index (κ3) is 3.40. The van der Waals surface area contributed by atoms with Gasteiger partial charge in [0.1, 0.15) is 16.5 Å². The number of rotatable bonds is 4. The molecule has 1 aliphatic carbocycles. The summed E-state index contributed by atoms with van der Waals surface area (Å²) in [7, 11) is 0. The molecule has 148 valence electrons. The van der Waals surface area contributed by atoms with Crippen LogP contribution < -0.4 is 5.32 Å². The van der Waals surface area contributed by atoms with Crippen LogP contribution in [0.15, 0.2) is 6.20 Å². The Kier molecular flexibility index (Phi) is 4.78. The van der Waals surface area contributed by atoms with Crippen LogP contribution in [0.3, 0.4) is 0 Å². The number of aryl methyl sites for hydroxylation is 3. The van der Waals surface area contributed by atoms with E-state index >= 15 is 0 Å². The third-order valence-electron chi connectivity index (χ3n) is 5.90. The minimum atomic E-state index is 0.374. The van der Waals surface area contributed by atoms with Crippen molar-refractivity contribution in [3.05, 3.63) is 33.7 Å². The number of aromatic nitrogens is 4. The Labute approximate surface area is 168 Å². The topological polar surface area (TPSA) is 79.0 Å². The lowest BCUT2D eigenvalue weighted by atomic mass is 9.93. The molecule has 3 aromatic rings. The van der Waals surface area contributed by atoms with Gasteiger partial charge in [-0.3, -0.25) is 10.00 Å². The molecule has 2 N–H and O–H groups in total. The molecular formula is C20H26N6OS. The largest absolute Gasteiger partial charge is 0.379 e. The number of fused-ring (bicyclic) bond motifs is 2. The highest BCUT2D eigenvalue weighted by atomic mass is 32.1. The summed E-state index contributed by atoms with van der Waals surface area (Å²) in [5.41, 5.74) is 3.89. The van der Waals surface area contributed by atoms with Crippen LogP contribution in [-0.2, 0) is 24.1 Å². The molecule has 1 unspecified atom stereocenters. The van der Waals surface area contributed by atoms with Crippen molar-refractivity contribution in [1.29, 1.82) is 0 Å². The average Bonchev–Trinajstić information content (AvgIpc) is 3.27. The number of hydrogen-bond donors (Lipinski definition) is 2. The van der Waals surface area contributed by atoms with Gasteiger partial charge >= 0.3 is 0 Å². The van der Waals surface area contributed by atoms with Crippen LogP contribution in [0.1, 0.15) is 33.9 Å². The summed E-state index contributed by atoms with van der Waals surface area (Å²) in [6, 6.07) is 0.374. The number of hydrogen-bond acceptors (Lipinski definition) is 7. The van der Waals surface area contributed by atoms with Crippen molar-refractivity contribution in [3.8, 4) is 0 Å². The Hall–Kier alpha value is -2.03. The minimum absolute atomic E-state index is 0.374. The molecule has 0 saturated carbocycles. The maximum absolute atomic E-state index is 5.47. The van der Waals surface area contributed by atoms with E-state index in [1.807, 2.05) is 6.20 Å². The van der Waals surface area contributed by atoms with Gasteiger partial charge in [0.15, 0.2) is 0 Å². The van der Waals surface area contributed by atoms with Crippen molar-refractivity contribution in [1.82, 2.24) is 25.1 Å². The van der Waals surface area contributed by atoms with E-state index in [0.717, 1.165) is 68.6 Å². The predicted molar refractivity (Wildman–Crippen MR) is 111 cm³/mol. The fourth-order valence-electron chi connectivity index (χ4n) is 4.16. The third-order valence-corrected chi connectivity index (χ3v) is 7.00. The summed E-state index contributed by atoms with van der Waals surface area (Å²) in [6.45, 7) is 8.60. The molecule has 4 heterocycles. The summed E-state index contributed by atoms with van der Waals surface area (Å²) in [5, 5.41) is 12.3. The van der Waals surface area contributed by atoms with E-state index in [9.17, 15) is 0 Å².